The van der Waals surface area contributed by atoms with Gasteiger partial charge in [0.1, 0.15) is 18.8 Å². The van der Waals surface area contributed by atoms with Crippen molar-refractivity contribution >= 4 is 11.6 Å². The molecule has 3 aromatic heterocycles. The first-order chi connectivity index (χ1) is 10.6. The smallest absolute Gasteiger partial charge is 0.328 e. The first kappa shape index (κ1) is 14.0. The van der Waals surface area contributed by atoms with Crippen molar-refractivity contribution in [1.82, 2.24) is 19.2 Å². The molecular weight excluding hydrogens is 284 g/mol. The van der Waals surface area contributed by atoms with Gasteiger partial charge >= 0.3 is 5.97 Å². The van der Waals surface area contributed by atoms with Crippen molar-refractivity contribution in [2.45, 2.75) is 20.1 Å². The second-order valence-corrected chi connectivity index (χ2v) is 4.88. The first-order valence-corrected chi connectivity index (χ1v) is 6.74. The largest absolute Gasteiger partial charge is 0.458 e. The maximum Gasteiger partial charge on any atom is 0.328 e. The van der Waals surface area contributed by atoms with Crippen molar-refractivity contribution in [3.8, 4) is 0 Å². The van der Waals surface area contributed by atoms with E-state index in [4.69, 9.17) is 4.74 Å². The monoisotopic (exact) mass is 298 g/mol. The molecule has 7 nitrogen and oxygen atoms in total. The van der Waals surface area contributed by atoms with Gasteiger partial charge in [0, 0.05) is 24.7 Å². The number of rotatable bonds is 4. The predicted molar refractivity (Wildman–Crippen MR) is 78.2 cm³/mol. The SMILES string of the molecule is Cc1ccc2nc(COC(=O)Cn3cccn3)cc(=O)n2c1. The summed E-state index contributed by atoms with van der Waals surface area (Å²) in [6, 6.07) is 6.72. The van der Waals surface area contributed by atoms with Crippen LogP contribution < -0.4 is 5.56 Å². The second kappa shape index (κ2) is 5.80. The van der Waals surface area contributed by atoms with Gasteiger partial charge in [-0.3, -0.25) is 18.7 Å². The summed E-state index contributed by atoms with van der Waals surface area (Å²) in [4.78, 5) is 28.0. The average Bonchev–Trinajstić information content (AvgIpc) is 2.99. The number of ether oxygens (including phenoxy) is 1. The highest BCUT2D eigenvalue weighted by atomic mass is 16.5. The minimum atomic E-state index is -0.436. The topological polar surface area (TPSA) is 78.5 Å². The van der Waals surface area contributed by atoms with E-state index < -0.39 is 5.97 Å². The number of nitrogens with zero attached hydrogens (tertiary/aromatic N) is 4. The lowest BCUT2D eigenvalue weighted by Gasteiger charge is -2.06. The zero-order valence-corrected chi connectivity index (χ0v) is 12.0. The number of aryl methyl sites for hydroxylation is 1. The minimum Gasteiger partial charge on any atom is -0.458 e. The Kier molecular flexibility index (Phi) is 3.69. The molecule has 0 bridgehead atoms. The van der Waals surface area contributed by atoms with E-state index in [2.05, 4.69) is 10.1 Å². The molecule has 0 N–H and O–H groups in total. The van der Waals surface area contributed by atoms with Gasteiger partial charge in [-0.05, 0) is 24.6 Å². The molecule has 3 rings (SSSR count). The molecular formula is C15H14N4O3. The van der Waals surface area contributed by atoms with Crippen LogP contribution in [0.3, 0.4) is 0 Å². The van der Waals surface area contributed by atoms with E-state index in [0.717, 1.165) is 5.56 Å². The van der Waals surface area contributed by atoms with Crippen LogP contribution in [0.1, 0.15) is 11.3 Å². The highest BCUT2D eigenvalue weighted by Gasteiger charge is 2.07. The third-order valence-corrected chi connectivity index (χ3v) is 3.09. The summed E-state index contributed by atoms with van der Waals surface area (Å²) in [5, 5.41) is 3.92. The molecule has 0 aliphatic rings. The zero-order valence-electron chi connectivity index (χ0n) is 12.0. The van der Waals surface area contributed by atoms with Gasteiger partial charge in [-0.2, -0.15) is 5.10 Å². The van der Waals surface area contributed by atoms with Crippen molar-refractivity contribution in [3.05, 3.63) is 64.5 Å². The molecule has 0 radical (unpaired) electrons. The van der Waals surface area contributed by atoms with Gasteiger partial charge < -0.3 is 4.74 Å². The molecule has 112 valence electrons. The van der Waals surface area contributed by atoms with Crippen LogP contribution >= 0.6 is 0 Å². The summed E-state index contributed by atoms with van der Waals surface area (Å²) in [6.45, 7) is 1.88. The molecule has 0 spiro atoms. The third-order valence-electron chi connectivity index (χ3n) is 3.09. The van der Waals surface area contributed by atoms with E-state index in [1.54, 1.807) is 30.7 Å². The molecule has 0 aliphatic carbocycles. The van der Waals surface area contributed by atoms with Gasteiger partial charge in [0.2, 0.25) is 0 Å². The normalized spacial score (nSPS) is 10.8. The van der Waals surface area contributed by atoms with Crippen LogP contribution in [-0.4, -0.2) is 25.1 Å². The number of hydrogen-bond donors (Lipinski definition) is 0. The number of esters is 1. The molecule has 22 heavy (non-hydrogen) atoms. The van der Waals surface area contributed by atoms with E-state index in [1.807, 2.05) is 13.0 Å². The van der Waals surface area contributed by atoms with Gasteiger partial charge in [-0.15, -0.1) is 0 Å². The van der Waals surface area contributed by atoms with Crippen LogP contribution in [0.5, 0.6) is 0 Å². The third kappa shape index (κ3) is 3.03. The highest BCUT2D eigenvalue weighted by molar-refractivity contribution is 5.69. The predicted octanol–water partition coefficient (Wildman–Crippen LogP) is 0.943. The Labute approximate surface area is 125 Å². The number of pyridine rings is 1. The van der Waals surface area contributed by atoms with Crippen LogP contribution in [0.2, 0.25) is 0 Å². The van der Waals surface area contributed by atoms with E-state index in [-0.39, 0.29) is 18.7 Å². The van der Waals surface area contributed by atoms with Gasteiger partial charge in [-0.25, -0.2) is 4.98 Å². The van der Waals surface area contributed by atoms with Crippen LogP contribution in [-0.2, 0) is 22.7 Å². The van der Waals surface area contributed by atoms with Crippen LogP contribution in [0, 0.1) is 6.92 Å². The number of hydrogen-bond acceptors (Lipinski definition) is 5. The lowest BCUT2D eigenvalue weighted by molar-refractivity contribution is -0.146. The van der Waals surface area contributed by atoms with E-state index in [1.165, 1.54) is 15.1 Å². The summed E-state index contributed by atoms with van der Waals surface area (Å²) in [7, 11) is 0. The summed E-state index contributed by atoms with van der Waals surface area (Å²) in [6.07, 6.45) is 4.98. The second-order valence-electron chi connectivity index (χ2n) is 4.88. The number of aromatic nitrogens is 4. The Morgan fingerprint density at radius 2 is 2.23 bits per heavy atom. The summed E-state index contributed by atoms with van der Waals surface area (Å²) in [5.41, 5.74) is 1.71. The summed E-state index contributed by atoms with van der Waals surface area (Å²) < 4.78 is 8.05. The molecule has 7 heteroatoms. The van der Waals surface area contributed by atoms with Crippen LogP contribution in [0.25, 0.3) is 5.65 Å². The van der Waals surface area contributed by atoms with Gasteiger partial charge in [0.05, 0.1) is 5.69 Å². The van der Waals surface area contributed by atoms with Crippen molar-refractivity contribution < 1.29 is 9.53 Å². The van der Waals surface area contributed by atoms with Crippen molar-refractivity contribution in [1.29, 1.82) is 0 Å². The standard InChI is InChI=1S/C15H14N4O3/c1-11-3-4-13-17-12(7-14(20)19(13)8-11)10-22-15(21)9-18-6-2-5-16-18/h2-8H,9-10H2,1H3. The zero-order chi connectivity index (χ0) is 15.5. The maximum atomic E-state index is 12.0. The van der Waals surface area contributed by atoms with Gasteiger partial charge in [0.15, 0.2) is 0 Å². The van der Waals surface area contributed by atoms with E-state index >= 15 is 0 Å². The fourth-order valence-electron chi connectivity index (χ4n) is 2.06. The lowest BCUT2D eigenvalue weighted by atomic mass is 10.3. The molecule has 0 saturated heterocycles. The van der Waals surface area contributed by atoms with E-state index in [0.29, 0.717) is 11.3 Å². The Morgan fingerprint density at radius 1 is 1.36 bits per heavy atom. The Bertz CT molecular complexity index is 868. The Hall–Kier alpha value is -2.96. The molecule has 0 unspecified atom stereocenters. The fraction of sp³-hybridized carbons (Fsp3) is 0.200. The molecule has 3 heterocycles. The molecule has 0 fully saturated rings. The van der Waals surface area contributed by atoms with Gasteiger partial charge in [-0.1, -0.05) is 6.07 Å². The molecule has 3 aromatic rings. The van der Waals surface area contributed by atoms with Crippen LogP contribution in [0.4, 0.5) is 0 Å². The maximum absolute atomic E-state index is 12.0. The number of fused-ring (bicyclic) bond motifs is 1. The summed E-state index contributed by atoms with van der Waals surface area (Å²) in [5.74, 6) is -0.436. The minimum absolute atomic E-state index is 0.0265. The Morgan fingerprint density at radius 3 is 3.00 bits per heavy atom. The molecule has 0 aliphatic heterocycles. The number of carbonyl (C=O) groups excluding carboxylic acids is 1. The van der Waals surface area contributed by atoms with Crippen molar-refractivity contribution in [2.24, 2.45) is 0 Å². The Balaban J connectivity index is 1.73. The fourth-order valence-corrected chi connectivity index (χ4v) is 2.06. The van der Waals surface area contributed by atoms with Crippen molar-refractivity contribution in [2.75, 3.05) is 0 Å². The number of carbonyl (C=O) groups is 1. The van der Waals surface area contributed by atoms with Crippen molar-refractivity contribution in [3.63, 3.8) is 0 Å². The summed E-state index contributed by atoms with van der Waals surface area (Å²) >= 11 is 0. The molecule has 0 saturated carbocycles. The first-order valence-electron chi connectivity index (χ1n) is 6.74. The highest BCUT2D eigenvalue weighted by Crippen LogP contribution is 2.03. The van der Waals surface area contributed by atoms with E-state index in [9.17, 15) is 9.59 Å². The molecule has 0 aromatic carbocycles. The molecule has 0 amide bonds. The molecule has 0 atom stereocenters. The average molecular weight is 298 g/mol. The van der Waals surface area contributed by atoms with Crippen LogP contribution in [0.15, 0.2) is 47.7 Å². The quantitative estimate of drug-likeness (QED) is 0.670. The lowest BCUT2D eigenvalue weighted by Crippen LogP contribution is -2.18. The van der Waals surface area contributed by atoms with Gasteiger partial charge in [0.25, 0.3) is 5.56 Å².